The molecule has 0 radical (unpaired) electrons. The van der Waals surface area contributed by atoms with Gasteiger partial charge in [-0.2, -0.15) is 0 Å². The quantitative estimate of drug-likeness (QED) is 0.815. The van der Waals surface area contributed by atoms with Crippen molar-refractivity contribution >= 4 is 17.3 Å². The third-order valence-corrected chi connectivity index (χ3v) is 2.63. The summed E-state index contributed by atoms with van der Waals surface area (Å²) in [7, 11) is 0. The molecule has 1 aliphatic carbocycles. The van der Waals surface area contributed by atoms with Crippen molar-refractivity contribution in [2.24, 2.45) is 5.92 Å². The lowest BCUT2D eigenvalue weighted by Crippen LogP contribution is -2.21. The van der Waals surface area contributed by atoms with E-state index >= 15 is 0 Å². The highest BCUT2D eigenvalue weighted by molar-refractivity contribution is 6.02. The summed E-state index contributed by atoms with van der Waals surface area (Å²) in [5.41, 5.74) is 1.09. The smallest absolute Gasteiger partial charge is 0.311 e. The maximum Gasteiger partial charge on any atom is 0.311 e. The number of hydrogen-bond acceptors (Lipinski definition) is 3. The Kier molecular flexibility index (Phi) is 2.81. The average molecular weight is 217 g/mol. The van der Waals surface area contributed by atoms with Crippen molar-refractivity contribution in [1.82, 2.24) is 4.98 Å². The number of carboxylic acid groups (broad SMARTS) is 1. The van der Waals surface area contributed by atoms with Crippen molar-refractivity contribution < 1.29 is 14.7 Å². The van der Waals surface area contributed by atoms with Gasteiger partial charge < -0.3 is 5.11 Å². The number of rotatable bonds is 2. The normalized spacial score (nSPS) is 20.4. The lowest BCUT2D eigenvalue weighted by Gasteiger charge is -2.19. The Hall–Kier alpha value is -1.97. The van der Waals surface area contributed by atoms with Gasteiger partial charge in [0, 0.05) is 12.6 Å². The van der Waals surface area contributed by atoms with Crippen LogP contribution < -0.4 is 0 Å². The summed E-state index contributed by atoms with van der Waals surface area (Å²) < 4.78 is 0. The standard InChI is InChI=1S/C12H11NO3/c14-8-4-5-9(12(15)16)10(7-8)11-3-1-2-6-13-11/h1-3,6-7,9H,4-5H2,(H,15,16). The highest BCUT2D eigenvalue weighted by atomic mass is 16.4. The minimum absolute atomic E-state index is 0.0295. The number of carbonyl (C=O) groups excluding carboxylic acids is 1. The lowest BCUT2D eigenvalue weighted by atomic mass is 9.85. The van der Waals surface area contributed by atoms with Crippen LogP contribution in [0, 0.1) is 5.92 Å². The molecule has 0 aromatic carbocycles. The summed E-state index contributed by atoms with van der Waals surface area (Å²) >= 11 is 0. The van der Waals surface area contributed by atoms with E-state index in [1.54, 1.807) is 24.4 Å². The lowest BCUT2D eigenvalue weighted by molar-refractivity contribution is -0.140. The Labute approximate surface area is 92.6 Å². The number of carboxylic acids is 1. The monoisotopic (exact) mass is 217 g/mol. The summed E-state index contributed by atoms with van der Waals surface area (Å²) in [6, 6.07) is 5.26. The number of carbonyl (C=O) groups is 2. The number of ketones is 1. The molecule has 4 nitrogen and oxygen atoms in total. The zero-order valence-electron chi connectivity index (χ0n) is 8.59. The van der Waals surface area contributed by atoms with Gasteiger partial charge in [-0.05, 0) is 30.2 Å². The molecule has 82 valence electrons. The molecule has 1 atom stereocenters. The molecule has 16 heavy (non-hydrogen) atoms. The summed E-state index contributed by atoms with van der Waals surface area (Å²) in [6.45, 7) is 0. The summed E-state index contributed by atoms with van der Waals surface area (Å²) in [5, 5.41) is 9.08. The predicted octanol–water partition coefficient (Wildman–Crippen LogP) is 1.53. The second kappa shape index (κ2) is 4.26. The third kappa shape index (κ3) is 2.00. The first-order valence-corrected chi connectivity index (χ1v) is 5.07. The number of aromatic nitrogens is 1. The van der Waals surface area contributed by atoms with Gasteiger partial charge in [-0.3, -0.25) is 14.6 Å². The molecule has 1 heterocycles. The van der Waals surface area contributed by atoms with Crippen molar-refractivity contribution in [3.63, 3.8) is 0 Å². The maximum absolute atomic E-state index is 11.3. The Morgan fingerprint density at radius 3 is 2.88 bits per heavy atom. The van der Waals surface area contributed by atoms with Gasteiger partial charge in [0.1, 0.15) is 0 Å². The van der Waals surface area contributed by atoms with Gasteiger partial charge in [0.25, 0.3) is 0 Å². The second-order valence-corrected chi connectivity index (χ2v) is 3.71. The van der Waals surface area contributed by atoms with E-state index in [2.05, 4.69) is 4.98 Å². The molecule has 0 aliphatic heterocycles. The van der Waals surface area contributed by atoms with Gasteiger partial charge in [-0.15, -0.1) is 0 Å². The fraction of sp³-hybridized carbons (Fsp3) is 0.250. The van der Waals surface area contributed by atoms with Crippen LogP contribution in [0.15, 0.2) is 30.5 Å². The van der Waals surface area contributed by atoms with Crippen molar-refractivity contribution in [1.29, 1.82) is 0 Å². The topological polar surface area (TPSA) is 67.3 Å². The van der Waals surface area contributed by atoms with E-state index in [0.29, 0.717) is 24.1 Å². The van der Waals surface area contributed by atoms with Gasteiger partial charge in [0.2, 0.25) is 0 Å². The number of pyridine rings is 1. The minimum Gasteiger partial charge on any atom is -0.481 e. The van der Waals surface area contributed by atoms with Crippen LogP contribution in [0.2, 0.25) is 0 Å². The minimum atomic E-state index is -0.899. The van der Waals surface area contributed by atoms with Gasteiger partial charge in [0.05, 0.1) is 11.6 Å². The molecule has 0 bridgehead atoms. The van der Waals surface area contributed by atoms with Crippen LogP contribution in [0.3, 0.4) is 0 Å². The molecular weight excluding hydrogens is 206 g/mol. The maximum atomic E-state index is 11.3. The summed E-state index contributed by atoms with van der Waals surface area (Å²) in [6.07, 6.45) is 3.66. The summed E-state index contributed by atoms with van der Waals surface area (Å²) in [4.78, 5) is 26.5. The Bertz CT molecular complexity index is 451. The SMILES string of the molecule is O=C1C=C(c2ccccn2)C(C(=O)O)CC1. The molecule has 0 saturated carbocycles. The highest BCUT2D eigenvalue weighted by Gasteiger charge is 2.28. The molecule has 1 aromatic heterocycles. The molecule has 0 saturated heterocycles. The van der Waals surface area contributed by atoms with Gasteiger partial charge in [0.15, 0.2) is 5.78 Å². The van der Waals surface area contributed by atoms with Crippen LogP contribution in [0.25, 0.3) is 5.57 Å². The fourth-order valence-electron chi connectivity index (χ4n) is 1.83. The van der Waals surface area contributed by atoms with E-state index in [0.717, 1.165) is 0 Å². The molecule has 1 unspecified atom stereocenters. The number of aliphatic carboxylic acids is 1. The average Bonchev–Trinajstić information content (AvgIpc) is 2.29. The van der Waals surface area contributed by atoms with Crippen LogP contribution in [-0.4, -0.2) is 21.8 Å². The highest BCUT2D eigenvalue weighted by Crippen LogP contribution is 2.30. The molecular formula is C12H11NO3. The van der Waals surface area contributed by atoms with Crippen LogP contribution in [0.5, 0.6) is 0 Å². The van der Waals surface area contributed by atoms with Crippen molar-refractivity contribution in [2.45, 2.75) is 12.8 Å². The molecule has 0 spiro atoms. The molecule has 1 aliphatic rings. The van der Waals surface area contributed by atoms with Gasteiger partial charge >= 0.3 is 5.97 Å². The van der Waals surface area contributed by atoms with E-state index in [1.807, 2.05) is 0 Å². The largest absolute Gasteiger partial charge is 0.481 e. The van der Waals surface area contributed by atoms with Crippen molar-refractivity contribution in [3.8, 4) is 0 Å². The molecule has 0 amide bonds. The van der Waals surface area contributed by atoms with Crippen LogP contribution in [0.1, 0.15) is 18.5 Å². The molecule has 2 rings (SSSR count). The van der Waals surface area contributed by atoms with Crippen molar-refractivity contribution in [2.75, 3.05) is 0 Å². The van der Waals surface area contributed by atoms with E-state index in [9.17, 15) is 9.59 Å². The fourth-order valence-corrected chi connectivity index (χ4v) is 1.83. The van der Waals surface area contributed by atoms with Crippen LogP contribution >= 0.6 is 0 Å². The van der Waals surface area contributed by atoms with Gasteiger partial charge in [-0.25, -0.2) is 0 Å². The first-order valence-electron chi connectivity index (χ1n) is 5.07. The number of allylic oxidation sites excluding steroid dienone is 1. The van der Waals surface area contributed by atoms with E-state index in [-0.39, 0.29) is 5.78 Å². The molecule has 1 N–H and O–H groups in total. The molecule has 0 fully saturated rings. The third-order valence-electron chi connectivity index (χ3n) is 2.63. The van der Waals surface area contributed by atoms with Crippen LogP contribution in [-0.2, 0) is 9.59 Å². The first kappa shape index (κ1) is 10.5. The Balaban J connectivity index is 2.42. The van der Waals surface area contributed by atoms with E-state index in [1.165, 1.54) is 6.08 Å². The van der Waals surface area contributed by atoms with E-state index in [4.69, 9.17) is 5.11 Å². The van der Waals surface area contributed by atoms with Crippen molar-refractivity contribution in [3.05, 3.63) is 36.2 Å². The summed E-state index contributed by atoms with van der Waals surface area (Å²) in [5.74, 6) is -1.55. The second-order valence-electron chi connectivity index (χ2n) is 3.71. The zero-order chi connectivity index (χ0) is 11.5. The first-order chi connectivity index (χ1) is 7.68. The van der Waals surface area contributed by atoms with Gasteiger partial charge in [-0.1, -0.05) is 6.07 Å². The predicted molar refractivity (Wildman–Crippen MR) is 57.6 cm³/mol. The van der Waals surface area contributed by atoms with E-state index < -0.39 is 11.9 Å². The number of nitrogens with zero attached hydrogens (tertiary/aromatic N) is 1. The molecule has 1 aromatic rings. The Morgan fingerprint density at radius 1 is 1.44 bits per heavy atom. The molecule has 4 heteroatoms. The Morgan fingerprint density at radius 2 is 2.25 bits per heavy atom. The number of hydrogen-bond donors (Lipinski definition) is 1. The van der Waals surface area contributed by atoms with Crippen LogP contribution in [0.4, 0.5) is 0 Å². The zero-order valence-corrected chi connectivity index (χ0v) is 8.59.